The molecule has 3 aromatic heterocycles. The Kier molecular flexibility index (Phi) is 16.7. The fourth-order valence-electron chi connectivity index (χ4n) is 9.16. The van der Waals surface area contributed by atoms with E-state index >= 15 is 0 Å². The van der Waals surface area contributed by atoms with Crippen LogP contribution in [0, 0.1) is 26.7 Å². The van der Waals surface area contributed by atoms with Gasteiger partial charge < -0.3 is 49.7 Å². The average molecular weight is 957 g/mol. The normalized spacial score (nSPS) is 22.1. The minimum absolute atomic E-state index is 0.00685. The number of hydrogen-bond acceptors (Lipinski definition) is 12. The minimum atomic E-state index is -1.55. The lowest BCUT2D eigenvalue weighted by Gasteiger charge is -2.40. The number of fused-ring (bicyclic) bond motifs is 8. The summed E-state index contributed by atoms with van der Waals surface area (Å²) in [6.07, 6.45) is -0.0714. The Morgan fingerprint density at radius 3 is 2.32 bits per heavy atom. The van der Waals surface area contributed by atoms with Crippen molar-refractivity contribution in [3.63, 3.8) is 0 Å². The topological polar surface area (TPSA) is 212 Å². The van der Waals surface area contributed by atoms with Crippen molar-refractivity contribution in [1.29, 1.82) is 0 Å². The van der Waals surface area contributed by atoms with Crippen LogP contribution in [0.3, 0.4) is 0 Å². The number of amides is 2. The second-order valence-corrected chi connectivity index (χ2v) is 21.0. The fraction of sp³-hybridized carbons (Fsp3) is 0.558. The van der Waals surface area contributed by atoms with Gasteiger partial charge in [0.2, 0.25) is 5.91 Å². The van der Waals surface area contributed by atoms with E-state index in [0.29, 0.717) is 31.6 Å². The third-order valence-electron chi connectivity index (χ3n) is 13.3. The molecule has 0 aromatic carbocycles. The zero-order chi connectivity index (χ0) is 49.9. The second kappa shape index (κ2) is 21.7. The van der Waals surface area contributed by atoms with Gasteiger partial charge in [-0.25, -0.2) is 14.6 Å². The van der Waals surface area contributed by atoms with E-state index < -0.39 is 60.2 Å². The number of carbonyl (C=O) groups is 3. The predicted molar refractivity (Wildman–Crippen MR) is 269 cm³/mol. The van der Waals surface area contributed by atoms with Gasteiger partial charge in [0.1, 0.15) is 48.1 Å². The summed E-state index contributed by atoms with van der Waals surface area (Å²) in [5, 5.41) is 34.8. The number of aliphatic hydroxyl groups is 3. The molecule has 3 aliphatic rings. The number of allylic oxidation sites excluding steroid dienone is 1. The Morgan fingerprint density at radius 1 is 0.971 bits per heavy atom. The van der Waals surface area contributed by atoms with Gasteiger partial charge in [0.05, 0.1) is 11.4 Å². The van der Waals surface area contributed by atoms with Crippen molar-refractivity contribution in [2.75, 3.05) is 26.0 Å². The van der Waals surface area contributed by atoms with Crippen molar-refractivity contribution in [1.82, 2.24) is 30.2 Å². The molecule has 1 saturated heterocycles. The number of esters is 1. The molecule has 1 fully saturated rings. The van der Waals surface area contributed by atoms with Gasteiger partial charge in [-0.05, 0) is 132 Å². The van der Waals surface area contributed by atoms with E-state index in [2.05, 4.69) is 87.7 Å². The molecule has 6 N–H and O–H groups in total. The van der Waals surface area contributed by atoms with Gasteiger partial charge in [0, 0.05) is 70.9 Å². The maximum Gasteiger partial charge on any atom is 0.408 e. The van der Waals surface area contributed by atoms with Crippen LogP contribution in [0.1, 0.15) is 137 Å². The highest BCUT2D eigenvalue weighted by atomic mass is 32.2. The molecule has 15 nitrogen and oxygen atoms in total. The highest BCUT2D eigenvalue weighted by Crippen LogP contribution is 2.42. The largest absolute Gasteiger partial charge is 0.461 e. The summed E-state index contributed by atoms with van der Waals surface area (Å²) < 4.78 is 16.7. The number of aromatic amines is 2. The lowest BCUT2D eigenvalue weighted by molar-refractivity contribution is -0.211. The highest BCUT2D eigenvalue weighted by Gasteiger charge is 2.45. The molecule has 6 rings (SSSR count). The van der Waals surface area contributed by atoms with Crippen LogP contribution in [-0.4, -0.2) is 126 Å². The molecule has 8 atom stereocenters. The molecule has 2 amide bonds. The van der Waals surface area contributed by atoms with E-state index in [1.807, 2.05) is 6.08 Å². The van der Waals surface area contributed by atoms with Crippen molar-refractivity contribution < 1.29 is 43.9 Å². The zero-order valence-electron chi connectivity index (χ0n) is 41.8. The van der Waals surface area contributed by atoms with Gasteiger partial charge in [0.15, 0.2) is 0 Å². The smallest absolute Gasteiger partial charge is 0.408 e. The number of hydrogen-bond donors (Lipinski definition) is 6. The Morgan fingerprint density at radius 2 is 1.66 bits per heavy atom. The molecule has 0 unspecified atom stereocenters. The van der Waals surface area contributed by atoms with Gasteiger partial charge >= 0.3 is 12.1 Å². The van der Waals surface area contributed by atoms with Gasteiger partial charge in [0.25, 0.3) is 0 Å². The van der Waals surface area contributed by atoms with Crippen molar-refractivity contribution in [3.8, 4) is 0 Å². The first-order chi connectivity index (χ1) is 32.0. The van der Waals surface area contributed by atoms with Crippen molar-refractivity contribution in [3.05, 3.63) is 75.4 Å². The summed E-state index contributed by atoms with van der Waals surface area (Å²) >= 11 is 1.24. The first-order valence-corrected chi connectivity index (χ1v) is 24.8. The van der Waals surface area contributed by atoms with Crippen molar-refractivity contribution in [2.45, 2.75) is 155 Å². The van der Waals surface area contributed by atoms with Crippen LogP contribution < -0.4 is 5.32 Å². The Balaban J connectivity index is 1.12. The van der Waals surface area contributed by atoms with E-state index in [-0.39, 0.29) is 23.7 Å². The minimum Gasteiger partial charge on any atom is -0.461 e. The molecule has 16 heteroatoms. The monoisotopic (exact) mass is 957 g/mol. The van der Waals surface area contributed by atoms with E-state index in [4.69, 9.17) is 24.2 Å². The van der Waals surface area contributed by atoms with E-state index in [0.717, 1.165) is 73.5 Å². The van der Waals surface area contributed by atoms with Crippen LogP contribution >= 0.6 is 11.8 Å². The molecular weight excluding hydrogens is 885 g/mol. The lowest BCUT2D eigenvalue weighted by atomic mass is 9.85. The molecule has 3 aromatic rings. The molecule has 68 heavy (non-hydrogen) atoms. The van der Waals surface area contributed by atoms with Crippen LogP contribution in [0.25, 0.3) is 39.8 Å². The maximum atomic E-state index is 13.8. The van der Waals surface area contributed by atoms with Crippen LogP contribution in [0.2, 0.25) is 0 Å². The third-order valence-corrected chi connectivity index (χ3v) is 14.6. The van der Waals surface area contributed by atoms with Crippen LogP contribution in [-0.2, 0) is 30.2 Å². The number of H-pyrrole nitrogens is 2. The summed E-state index contributed by atoms with van der Waals surface area (Å²) in [4.78, 5) is 58.7. The van der Waals surface area contributed by atoms with Crippen LogP contribution in [0.15, 0.2) is 24.8 Å². The van der Waals surface area contributed by atoms with Gasteiger partial charge in [-0.2, -0.15) is 0 Å². The highest BCUT2D eigenvalue weighted by molar-refractivity contribution is 7.99. The molecule has 370 valence electrons. The number of ether oxygens (including phenoxy) is 3. The summed E-state index contributed by atoms with van der Waals surface area (Å²) in [5.41, 5.74) is 12.6. The van der Waals surface area contributed by atoms with Gasteiger partial charge in [-0.3, -0.25) is 9.78 Å². The molecule has 0 aliphatic carbocycles. The first kappa shape index (κ1) is 52.4. The molecule has 3 aliphatic heterocycles. The maximum absolute atomic E-state index is 13.8. The second-order valence-electron chi connectivity index (χ2n) is 19.8. The summed E-state index contributed by atoms with van der Waals surface area (Å²) in [6, 6.07) is 5.41. The average Bonchev–Trinajstić information content (AvgIpc) is 3.98. The number of aromatic nitrogens is 4. The number of aryl methyl sites for hydroxylation is 3. The van der Waals surface area contributed by atoms with Crippen LogP contribution in [0.5, 0.6) is 0 Å². The van der Waals surface area contributed by atoms with E-state index in [1.54, 1.807) is 46.6 Å². The van der Waals surface area contributed by atoms with Gasteiger partial charge in [-0.1, -0.05) is 40.3 Å². The number of aliphatic hydroxyl groups excluding tert-OH is 3. The Bertz CT molecular complexity index is 2580. The van der Waals surface area contributed by atoms with E-state index in [9.17, 15) is 29.7 Å². The molecule has 0 saturated carbocycles. The van der Waals surface area contributed by atoms with Gasteiger partial charge in [-0.15, -0.1) is 11.8 Å². The SMILES string of the molecule is C=Cc1c(C)c2cc3nc(c(C)c4nc(cc5[nH]c(cc1[nH]2)c(C)c5CC)C(C)=C4)[C@@H](CCC(=O)N(C)CCCS[C@@H]1O[C@H](COC(=O)[C@@H](NC(=O)OC(C)(C)C)C(C)C)[C@@H](O)[C@H](O)[C@H]1O)[C@@H]3C. The summed E-state index contributed by atoms with van der Waals surface area (Å²) in [7, 11) is 1.78. The van der Waals surface area contributed by atoms with Crippen molar-refractivity contribution in [2.24, 2.45) is 5.92 Å². The van der Waals surface area contributed by atoms with Crippen LogP contribution in [0.4, 0.5) is 4.79 Å². The fourth-order valence-corrected chi connectivity index (χ4v) is 10.3. The standard InChI is InChI=1S/C52H72N6O9S/c1-14-32-29(7)38-24-41-33(15-2)28(6)37(54-41)23-39-30(8)34(45(56-39)31(9)36-21-27(5)35(53-36)22-40(32)55-38)17-18-43(59)58(13)19-16-20-68-50-48(62)47(61)46(60)42(66-50)25-65-49(63)44(26(3)4)57-51(64)67-52(10,11)12/h15,21-24,26,30,34,42,44,46-48,50,54-55,60-62H,2,14,16-20,25H2,1,3-13H3,(H,57,64)/t30-,34-,42+,44-,46+,47-,48+,50-/m0/s1. The Labute approximate surface area is 404 Å². The first-order valence-electron chi connectivity index (χ1n) is 23.8. The number of carbonyl (C=O) groups excluding carboxylic acids is 3. The van der Waals surface area contributed by atoms with E-state index in [1.165, 1.54) is 22.9 Å². The lowest BCUT2D eigenvalue weighted by Crippen LogP contribution is -2.58. The Hall–Kier alpha value is -5.00. The molecule has 6 heterocycles. The number of rotatable bonds is 15. The summed E-state index contributed by atoms with van der Waals surface area (Å²) in [5.74, 6) is -0.666. The molecule has 8 bridgehead atoms. The third kappa shape index (κ3) is 11.7. The summed E-state index contributed by atoms with van der Waals surface area (Å²) in [6.45, 7) is 25.5. The number of thioether (sulfide) groups is 1. The molecular formula is C52H72N6O9S. The zero-order valence-corrected chi connectivity index (χ0v) is 42.6. The molecule has 0 radical (unpaired) electrons. The molecule has 0 spiro atoms. The number of nitrogens with one attached hydrogen (secondary N) is 3. The number of alkyl carbamates (subject to hydrolysis) is 1. The predicted octanol–water partition coefficient (Wildman–Crippen LogP) is 8.16. The number of nitrogens with zero attached hydrogens (tertiary/aromatic N) is 3. The quantitative estimate of drug-likeness (QED) is 0.0630. The van der Waals surface area contributed by atoms with Crippen molar-refractivity contribution >= 4 is 69.5 Å².